The Hall–Kier alpha value is -2.56. The van der Waals surface area contributed by atoms with Crippen LogP contribution in [0.1, 0.15) is 22.7 Å². The van der Waals surface area contributed by atoms with E-state index in [-0.39, 0.29) is 22.2 Å². The smallest absolute Gasteiger partial charge is 0.249 e. The van der Waals surface area contributed by atoms with E-state index in [1.54, 1.807) is 14.0 Å². The highest BCUT2D eigenvalue weighted by atomic mass is 32.2. The molecule has 0 aliphatic carbocycles. The third kappa shape index (κ3) is 3.98. The van der Waals surface area contributed by atoms with Crippen molar-refractivity contribution >= 4 is 32.4 Å². The Labute approximate surface area is 167 Å². The van der Waals surface area contributed by atoms with Crippen molar-refractivity contribution in [3.05, 3.63) is 47.0 Å². The van der Waals surface area contributed by atoms with E-state index in [1.165, 1.54) is 4.90 Å². The minimum Gasteiger partial charge on any atom is -0.361 e. The molecule has 0 radical (unpaired) electrons. The molecule has 1 amide bonds. The van der Waals surface area contributed by atoms with E-state index < -0.39 is 10.0 Å². The van der Waals surface area contributed by atoms with Gasteiger partial charge in [0.15, 0.2) is 9.34 Å². The molecule has 3 rings (SSSR count). The van der Waals surface area contributed by atoms with Gasteiger partial charge in [-0.1, -0.05) is 40.8 Å². The highest BCUT2D eigenvalue weighted by Crippen LogP contribution is 2.29. The number of aromatic nitrogens is 2. The molecule has 0 aliphatic rings. The monoisotopic (exact) mass is 420 g/mol. The third-order valence-corrected chi connectivity index (χ3v) is 7.08. The van der Waals surface area contributed by atoms with Crippen LogP contribution in [0.25, 0.3) is 11.1 Å². The predicted molar refractivity (Wildman–Crippen MR) is 107 cm³/mol. The van der Waals surface area contributed by atoms with Gasteiger partial charge in [-0.05, 0) is 31.9 Å². The largest absolute Gasteiger partial charge is 0.361 e. The van der Waals surface area contributed by atoms with E-state index in [2.05, 4.69) is 10.1 Å². The summed E-state index contributed by atoms with van der Waals surface area (Å²) in [5.41, 5.74) is 3.84. The van der Waals surface area contributed by atoms with Crippen molar-refractivity contribution in [2.24, 2.45) is 5.14 Å². The van der Waals surface area contributed by atoms with Gasteiger partial charge in [0.1, 0.15) is 5.76 Å². The number of carbonyl (C=O) groups is 1. The molecule has 0 bridgehead atoms. The van der Waals surface area contributed by atoms with Gasteiger partial charge >= 0.3 is 0 Å². The number of nitrogens with zero attached hydrogens (tertiary/aromatic N) is 3. The summed E-state index contributed by atoms with van der Waals surface area (Å²) >= 11 is 0.881. The van der Waals surface area contributed by atoms with Gasteiger partial charge in [-0.2, -0.15) is 0 Å². The number of likely N-dealkylation sites (N-methyl/N-ethyl adjacent to an activating group) is 1. The van der Waals surface area contributed by atoms with Crippen LogP contribution >= 0.6 is 11.3 Å². The summed E-state index contributed by atoms with van der Waals surface area (Å²) in [4.78, 5) is 18.1. The molecule has 10 heteroatoms. The minimum absolute atomic E-state index is 0.0361. The van der Waals surface area contributed by atoms with E-state index in [0.717, 1.165) is 39.5 Å². The first-order chi connectivity index (χ1) is 13.1. The third-order valence-electron chi connectivity index (χ3n) is 4.29. The molecule has 8 nitrogen and oxygen atoms in total. The number of benzene rings is 1. The summed E-state index contributed by atoms with van der Waals surface area (Å²) in [5, 5.41) is 9.42. The number of rotatable bonds is 5. The molecule has 148 valence electrons. The maximum atomic E-state index is 12.6. The van der Waals surface area contributed by atoms with Crippen molar-refractivity contribution in [3.8, 4) is 11.1 Å². The Morgan fingerprint density at radius 3 is 2.32 bits per heavy atom. The Bertz CT molecular complexity index is 1110. The Morgan fingerprint density at radius 1 is 1.18 bits per heavy atom. The van der Waals surface area contributed by atoms with Crippen LogP contribution in [0.15, 0.2) is 33.0 Å². The van der Waals surface area contributed by atoms with Crippen molar-refractivity contribution in [3.63, 3.8) is 0 Å². The molecule has 3 aromatic rings. The number of thiazole rings is 1. The van der Waals surface area contributed by atoms with Crippen LogP contribution in [0.3, 0.4) is 0 Å². The average Bonchev–Trinajstić information content (AvgIpc) is 3.17. The van der Waals surface area contributed by atoms with E-state index in [9.17, 15) is 13.2 Å². The van der Waals surface area contributed by atoms with Crippen LogP contribution in [0.4, 0.5) is 5.13 Å². The first kappa shape index (κ1) is 20.2. The van der Waals surface area contributed by atoms with Gasteiger partial charge in [-0.3, -0.25) is 9.69 Å². The number of anilines is 1. The molecule has 0 aliphatic heterocycles. The zero-order valence-electron chi connectivity index (χ0n) is 15.9. The Morgan fingerprint density at radius 2 is 1.82 bits per heavy atom. The number of amides is 1. The fraction of sp³-hybridized carbons (Fsp3) is 0.278. The Balaban J connectivity index is 1.76. The van der Waals surface area contributed by atoms with Crippen molar-refractivity contribution in [1.82, 2.24) is 10.1 Å². The number of hydrogen-bond donors (Lipinski definition) is 1. The molecular formula is C18H20N4O4S2. The number of sulfonamides is 1. The normalized spacial score (nSPS) is 11.6. The number of aryl methyl sites for hydroxylation is 3. The Kier molecular flexibility index (Phi) is 5.37. The summed E-state index contributed by atoms with van der Waals surface area (Å²) in [6, 6.07) is 7.58. The fourth-order valence-corrected chi connectivity index (χ4v) is 4.79. The lowest BCUT2D eigenvalue weighted by molar-refractivity contribution is -0.117. The van der Waals surface area contributed by atoms with Crippen molar-refractivity contribution in [1.29, 1.82) is 0 Å². The summed E-state index contributed by atoms with van der Waals surface area (Å²) in [6.45, 7) is 5.28. The standard InChI is InChI=1S/C18H20N4O4S2/c1-10-16(12(3)26-21-10)14-7-5-13(6-8-14)9-15(23)22(4)18-20-11(2)17(27-18)28(19,24)25/h5-8H,9H2,1-4H3,(H2,19,24,25). The molecule has 0 saturated carbocycles. The van der Waals surface area contributed by atoms with E-state index in [4.69, 9.17) is 9.66 Å². The van der Waals surface area contributed by atoms with Gasteiger partial charge in [0.05, 0.1) is 17.8 Å². The molecule has 28 heavy (non-hydrogen) atoms. The maximum Gasteiger partial charge on any atom is 0.249 e. The van der Waals surface area contributed by atoms with Crippen LogP contribution < -0.4 is 10.0 Å². The lowest BCUT2D eigenvalue weighted by atomic mass is 10.0. The van der Waals surface area contributed by atoms with Crippen LogP contribution in [-0.2, 0) is 21.2 Å². The zero-order chi connectivity index (χ0) is 20.6. The van der Waals surface area contributed by atoms with Gasteiger partial charge in [0.25, 0.3) is 0 Å². The SMILES string of the molecule is Cc1nc(N(C)C(=O)Cc2ccc(-c3c(C)noc3C)cc2)sc1S(N)(=O)=O. The van der Waals surface area contributed by atoms with E-state index in [0.29, 0.717) is 5.13 Å². The van der Waals surface area contributed by atoms with E-state index >= 15 is 0 Å². The predicted octanol–water partition coefficient (Wildman–Crippen LogP) is 2.58. The summed E-state index contributed by atoms with van der Waals surface area (Å²) in [6.07, 6.45) is 0.154. The molecule has 2 N–H and O–H groups in total. The second-order valence-corrected chi connectivity index (χ2v) is 9.17. The molecule has 0 unspecified atom stereocenters. The topological polar surface area (TPSA) is 119 Å². The number of primary sulfonamides is 1. The number of nitrogens with two attached hydrogens (primary N) is 1. The average molecular weight is 421 g/mol. The van der Waals surface area contributed by atoms with Crippen LogP contribution in [0, 0.1) is 20.8 Å². The van der Waals surface area contributed by atoms with Crippen LogP contribution in [0.5, 0.6) is 0 Å². The summed E-state index contributed by atoms with van der Waals surface area (Å²) in [7, 11) is -2.30. The van der Waals surface area contributed by atoms with Gasteiger partial charge in [-0.15, -0.1) is 0 Å². The first-order valence-electron chi connectivity index (χ1n) is 8.37. The van der Waals surface area contributed by atoms with E-state index in [1.807, 2.05) is 38.1 Å². The second kappa shape index (κ2) is 7.46. The van der Waals surface area contributed by atoms with Gasteiger partial charge in [0, 0.05) is 12.6 Å². The first-order valence-corrected chi connectivity index (χ1v) is 10.7. The lowest BCUT2D eigenvalue weighted by Crippen LogP contribution is -2.27. The lowest BCUT2D eigenvalue weighted by Gasteiger charge is -2.14. The molecule has 2 aromatic heterocycles. The molecule has 2 heterocycles. The second-order valence-electron chi connectivity index (χ2n) is 6.44. The van der Waals surface area contributed by atoms with Crippen molar-refractivity contribution < 1.29 is 17.7 Å². The highest BCUT2D eigenvalue weighted by molar-refractivity contribution is 7.91. The quantitative estimate of drug-likeness (QED) is 0.677. The van der Waals surface area contributed by atoms with Crippen LogP contribution in [-0.4, -0.2) is 31.5 Å². The summed E-state index contributed by atoms with van der Waals surface area (Å²) < 4.78 is 28.3. The number of hydrogen-bond acceptors (Lipinski definition) is 7. The molecule has 1 aromatic carbocycles. The molecular weight excluding hydrogens is 400 g/mol. The maximum absolute atomic E-state index is 12.6. The van der Waals surface area contributed by atoms with Crippen molar-refractivity contribution in [2.75, 3.05) is 11.9 Å². The van der Waals surface area contributed by atoms with Gasteiger partial charge < -0.3 is 4.52 Å². The molecule has 0 spiro atoms. The highest BCUT2D eigenvalue weighted by Gasteiger charge is 2.22. The summed E-state index contributed by atoms with van der Waals surface area (Å²) in [5.74, 6) is 0.533. The molecule has 0 atom stereocenters. The van der Waals surface area contributed by atoms with Gasteiger partial charge in [0.2, 0.25) is 15.9 Å². The van der Waals surface area contributed by atoms with Gasteiger partial charge in [-0.25, -0.2) is 18.5 Å². The zero-order valence-corrected chi connectivity index (χ0v) is 17.5. The van der Waals surface area contributed by atoms with Crippen LogP contribution in [0.2, 0.25) is 0 Å². The van der Waals surface area contributed by atoms with Crippen molar-refractivity contribution in [2.45, 2.75) is 31.4 Å². The molecule has 0 saturated heterocycles. The number of carbonyl (C=O) groups excluding carboxylic acids is 1. The minimum atomic E-state index is -3.86. The molecule has 0 fully saturated rings. The fourth-order valence-electron chi connectivity index (χ4n) is 2.86.